The van der Waals surface area contributed by atoms with Crippen molar-refractivity contribution in [1.29, 1.82) is 0 Å². The SMILES string of the molecule is COC1=CC(=O)OC1C(OC(=O)[C@H](CCSC)NC(C)=O)c1ccccc1Cl. The Morgan fingerprint density at radius 2 is 2.07 bits per heavy atom. The molecule has 1 amide bonds. The zero-order chi connectivity index (χ0) is 20.7. The average Bonchev–Trinajstić information content (AvgIpc) is 3.04. The van der Waals surface area contributed by atoms with Crippen molar-refractivity contribution in [2.75, 3.05) is 19.1 Å². The molecular formula is C19H22ClNO6S. The van der Waals surface area contributed by atoms with Crippen LogP contribution in [0.4, 0.5) is 0 Å². The second-order valence-electron chi connectivity index (χ2n) is 6.02. The van der Waals surface area contributed by atoms with Crippen LogP contribution in [0.25, 0.3) is 0 Å². The summed E-state index contributed by atoms with van der Waals surface area (Å²) in [7, 11) is 1.39. The Labute approximate surface area is 172 Å². The van der Waals surface area contributed by atoms with E-state index in [2.05, 4.69) is 5.32 Å². The highest BCUT2D eigenvalue weighted by molar-refractivity contribution is 7.98. The minimum Gasteiger partial charge on any atom is -0.497 e. The molecular weight excluding hydrogens is 406 g/mol. The van der Waals surface area contributed by atoms with E-state index in [4.69, 9.17) is 25.8 Å². The molecule has 0 aliphatic carbocycles. The van der Waals surface area contributed by atoms with Gasteiger partial charge in [0.05, 0.1) is 13.2 Å². The van der Waals surface area contributed by atoms with E-state index >= 15 is 0 Å². The lowest BCUT2D eigenvalue weighted by Gasteiger charge is -2.27. The monoisotopic (exact) mass is 427 g/mol. The number of hydrogen-bond acceptors (Lipinski definition) is 7. The molecule has 7 nitrogen and oxygen atoms in total. The van der Waals surface area contributed by atoms with Gasteiger partial charge in [-0.1, -0.05) is 29.8 Å². The van der Waals surface area contributed by atoms with Crippen molar-refractivity contribution < 1.29 is 28.6 Å². The van der Waals surface area contributed by atoms with Crippen LogP contribution in [0.5, 0.6) is 0 Å². The molecule has 0 radical (unpaired) electrons. The van der Waals surface area contributed by atoms with Gasteiger partial charge in [-0.2, -0.15) is 11.8 Å². The van der Waals surface area contributed by atoms with Crippen molar-refractivity contribution >= 4 is 41.2 Å². The second-order valence-corrected chi connectivity index (χ2v) is 7.41. The molecule has 28 heavy (non-hydrogen) atoms. The molecule has 0 fully saturated rings. The Morgan fingerprint density at radius 3 is 2.68 bits per heavy atom. The molecule has 1 aromatic rings. The third-order valence-corrected chi connectivity index (χ3v) is 5.01. The number of halogens is 1. The highest BCUT2D eigenvalue weighted by Crippen LogP contribution is 2.35. The van der Waals surface area contributed by atoms with Gasteiger partial charge in [0.25, 0.3) is 0 Å². The smallest absolute Gasteiger partial charge is 0.335 e. The van der Waals surface area contributed by atoms with E-state index < -0.39 is 30.2 Å². The van der Waals surface area contributed by atoms with Gasteiger partial charge in [-0.3, -0.25) is 4.79 Å². The number of methoxy groups -OCH3 is 1. The third kappa shape index (κ3) is 5.65. The van der Waals surface area contributed by atoms with Crippen molar-refractivity contribution in [3.63, 3.8) is 0 Å². The van der Waals surface area contributed by atoms with E-state index in [1.807, 2.05) is 6.26 Å². The molecule has 3 atom stereocenters. The summed E-state index contributed by atoms with van der Waals surface area (Å²) in [5.74, 6) is -0.716. The predicted octanol–water partition coefficient (Wildman–Crippen LogP) is 2.64. The van der Waals surface area contributed by atoms with Crippen molar-refractivity contribution in [1.82, 2.24) is 5.32 Å². The predicted molar refractivity (Wildman–Crippen MR) is 106 cm³/mol. The van der Waals surface area contributed by atoms with Crippen LogP contribution in [0.3, 0.4) is 0 Å². The van der Waals surface area contributed by atoms with E-state index in [9.17, 15) is 14.4 Å². The van der Waals surface area contributed by atoms with Crippen LogP contribution in [0.15, 0.2) is 36.1 Å². The summed E-state index contributed by atoms with van der Waals surface area (Å²) in [6.07, 6.45) is 1.49. The Balaban J connectivity index is 2.32. The van der Waals surface area contributed by atoms with Crippen molar-refractivity contribution in [3.05, 3.63) is 46.7 Å². The highest BCUT2D eigenvalue weighted by Gasteiger charge is 2.40. The molecule has 1 N–H and O–H groups in total. The number of benzene rings is 1. The van der Waals surface area contributed by atoms with Crippen molar-refractivity contribution in [3.8, 4) is 0 Å². The Kier molecular flexibility index (Phi) is 8.19. The number of carbonyl (C=O) groups is 3. The van der Waals surface area contributed by atoms with E-state index in [0.29, 0.717) is 22.8 Å². The highest BCUT2D eigenvalue weighted by atomic mass is 35.5. The minimum absolute atomic E-state index is 0.225. The number of rotatable bonds is 9. The van der Waals surface area contributed by atoms with Crippen molar-refractivity contribution in [2.45, 2.75) is 31.6 Å². The molecule has 1 aromatic carbocycles. The summed E-state index contributed by atoms with van der Waals surface area (Å²) >= 11 is 7.83. The molecule has 1 aliphatic heterocycles. The molecule has 2 rings (SSSR count). The van der Waals surface area contributed by atoms with Gasteiger partial charge in [-0.25, -0.2) is 9.59 Å². The van der Waals surface area contributed by atoms with Crippen molar-refractivity contribution in [2.24, 2.45) is 0 Å². The number of thioether (sulfide) groups is 1. The fourth-order valence-electron chi connectivity index (χ4n) is 2.73. The maximum Gasteiger partial charge on any atom is 0.335 e. The number of cyclic esters (lactones) is 1. The molecule has 9 heteroatoms. The summed E-state index contributed by atoms with van der Waals surface area (Å²) in [5.41, 5.74) is 0.464. The van der Waals surface area contributed by atoms with Gasteiger partial charge < -0.3 is 19.5 Å². The lowest BCUT2D eigenvalue weighted by molar-refractivity contribution is -0.165. The lowest BCUT2D eigenvalue weighted by Crippen LogP contribution is -2.42. The second kappa shape index (κ2) is 10.4. The first kappa shape index (κ1) is 22.1. The molecule has 0 saturated carbocycles. The van der Waals surface area contributed by atoms with Gasteiger partial charge in [-0.05, 0) is 24.5 Å². The largest absolute Gasteiger partial charge is 0.497 e. The van der Waals surface area contributed by atoms with E-state index in [0.717, 1.165) is 0 Å². The quantitative estimate of drug-likeness (QED) is 0.606. The van der Waals surface area contributed by atoms with Gasteiger partial charge in [0.15, 0.2) is 12.2 Å². The lowest BCUT2D eigenvalue weighted by atomic mass is 10.0. The number of carbonyl (C=O) groups excluding carboxylic acids is 3. The molecule has 2 unspecified atom stereocenters. The Morgan fingerprint density at radius 1 is 1.36 bits per heavy atom. The first-order chi connectivity index (χ1) is 13.4. The van der Waals surface area contributed by atoms with Crippen LogP contribution in [0.1, 0.15) is 25.0 Å². The molecule has 0 saturated heterocycles. The summed E-state index contributed by atoms with van der Waals surface area (Å²) < 4.78 is 16.2. The number of esters is 2. The fourth-order valence-corrected chi connectivity index (χ4v) is 3.45. The number of ether oxygens (including phenoxy) is 3. The van der Waals surface area contributed by atoms with Crippen LogP contribution < -0.4 is 5.32 Å². The van der Waals surface area contributed by atoms with Gasteiger partial charge in [-0.15, -0.1) is 0 Å². The van der Waals surface area contributed by atoms with E-state index in [-0.39, 0.29) is 11.7 Å². The van der Waals surface area contributed by atoms with Gasteiger partial charge >= 0.3 is 11.9 Å². The first-order valence-electron chi connectivity index (χ1n) is 8.54. The van der Waals surface area contributed by atoms with Crippen LogP contribution >= 0.6 is 23.4 Å². The van der Waals surface area contributed by atoms with Crippen LogP contribution in [0.2, 0.25) is 5.02 Å². The van der Waals surface area contributed by atoms with E-state index in [1.54, 1.807) is 36.0 Å². The normalized spacial score (nSPS) is 17.9. The summed E-state index contributed by atoms with van der Waals surface area (Å²) in [6.45, 7) is 1.33. The van der Waals surface area contributed by atoms with Gasteiger partial charge in [0.2, 0.25) is 5.91 Å². The topological polar surface area (TPSA) is 90.9 Å². The number of hydrogen-bond donors (Lipinski definition) is 1. The average molecular weight is 428 g/mol. The molecule has 152 valence electrons. The van der Waals surface area contributed by atoms with Crippen LogP contribution in [-0.4, -0.2) is 49.1 Å². The zero-order valence-electron chi connectivity index (χ0n) is 15.8. The Bertz CT molecular complexity index is 769. The van der Waals surface area contributed by atoms with Gasteiger partial charge in [0.1, 0.15) is 11.8 Å². The molecule has 0 spiro atoms. The summed E-state index contributed by atoms with van der Waals surface area (Å²) in [5, 5.41) is 2.94. The number of nitrogens with one attached hydrogen (secondary N) is 1. The summed E-state index contributed by atoms with van der Waals surface area (Å²) in [6, 6.07) is 5.95. The third-order valence-electron chi connectivity index (χ3n) is 4.02. The zero-order valence-corrected chi connectivity index (χ0v) is 17.3. The van der Waals surface area contributed by atoms with Crippen LogP contribution in [-0.2, 0) is 28.6 Å². The fraction of sp³-hybridized carbons (Fsp3) is 0.421. The summed E-state index contributed by atoms with van der Waals surface area (Å²) in [4.78, 5) is 36.0. The molecule has 0 bridgehead atoms. The van der Waals surface area contributed by atoms with Crippen LogP contribution in [0, 0.1) is 0 Å². The molecule has 1 heterocycles. The first-order valence-corrected chi connectivity index (χ1v) is 10.3. The van der Waals surface area contributed by atoms with Gasteiger partial charge in [0, 0.05) is 17.5 Å². The minimum atomic E-state index is -1.02. The molecule has 0 aromatic heterocycles. The standard InChI is InChI=1S/C19H22ClNO6S/c1-11(22)21-14(8-9-28-3)19(24)27-17(12-6-4-5-7-13(12)20)18-15(25-2)10-16(23)26-18/h4-7,10,14,17-18H,8-9H2,1-3H3,(H,21,22)/t14-,17?,18?/m0/s1. The maximum atomic E-state index is 12.8. The Hall–Kier alpha value is -2.19. The maximum absolute atomic E-state index is 12.8. The van der Waals surface area contributed by atoms with E-state index in [1.165, 1.54) is 20.1 Å². The number of amides is 1. The molecule has 1 aliphatic rings.